The Hall–Kier alpha value is -2.63. The van der Waals surface area contributed by atoms with Gasteiger partial charge in [0.25, 0.3) is 0 Å². The molecule has 30 heavy (non-hydrogen) atoms. The number of piperidine rings is 1. The highest BCUT2D eigenvalue weighted by Crippen LogP contribution is 2.31. The summed E-state index contributed by atoms with van der Waals surface area (Å²) in [6, 6.07) is 15.0. The van der Waals surface area contributed by atoms with E-state index in [9.17, 15) is 9.90 Å². The summed E-state index contributed by atoms with van der Waals surface area (Å²) in [7, 11) is 0. The summed E-state index contributed by atoms with van der Waals surface area (Å²) >= 11 is 7.67. The van der Waals surface area contributed by atoms with Gasteiger partial charge in [0, 0.05) is 23.7 Å². The lowest BCUT2D eigenvalue weighted by Crippen LogP contribution is -2.35. The van der Waals surface area contributed by atoms with E-state index in [1.165, 1.54) is 0 Å². The van der Waals surface area contributed by atoms with E-state index < -0.39 is 5.97 Å². The van der Waals surface area contributed by atoms with Gasteiger partial charge in [0.2, 0.25) is 0 Å². The largest absolute Gasteiger partial charge is 0.478 e. The van der Waals surface area contributed by atoms with Crippen LogP contribution in [0.1, 0.15) is 33.8 Å². The fraction of sp³-hybridized carbons (Fsp3) is 0.250. The van der Waals surface area contributed by atoms with E-state index in [2.05, 4.69) is 17.1 Å². The van der Waals surface area contributed by atoms with Crippen molar-refractivity contribution < 1.29 is 9.90 Å². The molecule has 1 saturated heterocycles. The van der Waals surface area contributed by atoms with E-state index in [-0.39, 0.29) is 0 Å². The molecular weight excluding hydrogens is 416 g/mol. The molecule has 1 aromatic heterocycles. The number of thiazole rings is 1. The monoisotopic (exact) mass is 438 g/mol. The Bertz CT molecular complexity index is 1080. The Morgan fingerprint density at radius 2 is 2.00 bits per heavy atom. The van der Waals surface area contributed by atoms with Crippen molar-refractivity contribution in [2.24, 2.45) is 5.92 Å². The molecule has 1 N–H and O–H groups in total. The summed E-state index contributed by atoms with van der Waals surface area (Å²) in [4.78, 5) is 19.6. The van der Waals surface area contributed by atoms with Crippen molar-refractivity contribution in [3.8, 4) is 10.6 Å². The normalized spacial score (nSPS) is 16.9. The molecule has 1 aliphatic heterocycles. The number of rotatable bonds is 5. The highest BCUT2D eigenvalue weighted by Gasteiger charge is 2.22. The number of aromatic nitrogens is 1. The number of hydrogen-bond acceptors (Lipinski definition) is 4. The standard InChI is InChI=1S/C24H23ClN2O2S/c1-16-22(30-23(26-16)18-9-11-19(25)12-10-18)13-8-17-5-4-14-27(15-17)21-7-3-2-6-20(21)24(28)29/h2-3,6-13,17H,4-5,14-15H2,1H3,(H,28,29). The van der Waals surface area contributed by atoms with Crippen LogP contribution in [0.3, 0.4) is 0 Å². The summed E-state index contributed by atoms with van der Waals surface area (Å²) in [6.07, 6.45) is 6.57. The Balaban J connectivity index is 1.50. The van der Waals surface area contributed by atoms with Crippen LogP contribution >= 0.6 is 22.9 Å². The van der Waals surface area contributed by atoms with Crippen LogP contribution in [0.25, 0.3) is 16.6 Å². The van der Waals surface area contributed by atoms with E-state index in [1.54, 1.807) is 23.5 Å². The number of para-hydroxylation sites is 1. The second-order valence-electron chi connectivity index (χ2n) is 7.51. The predicted octanol–water partition coefficient (Wildman–Crippen LogP) is 6.40. The first-order valence-corrected chi connectivity index (χ1v) is 11.2. The fourth-order valence-corrected chi connectivity index (χ4v) is 4.93. The molecule has 1 aliphatic rings. The molecule has 2 heterocycles. The van der Waals surface area contributed by atoms with Gasteiger partial charge in [0.1, 0.15) is 5.01 Å². The quantitative estimate of drug-likeness (QED) is 0.500. The number of carbonyl (C=O) groups is 1. The molecule has 154 valence electrons. The molecule has 4 nitrogen and oxygen atoms in total. The maximum absolute atomic E-state index is 11.6. The van der Waals surface area contributed by atoms with E-state index in [0.717, 1.165) is 57.8 Å². The molecule has 0 radical (unpaired) electrons. The summed E-state index contributed by atoms with van der Waals surface area (Å²) in [5.74, 6) is -0.501. The van der Waals surface area contributed by atoms with Crippen molar-refractivity contribution in [1.82, 2.24) is 4.98 Å². The van der Waals surface area contributed by atoms with Gasteiger partial charge < -0.3 is 10.0 Å². The van der Waals surface area contributed by atoms with Crippen molar-refractivity contribution in [2.45, 2.75) is 19.8 Å². The average molecular weight is 439 g/mol. The number of benzene rings is 2. The maximum Gasteiger partial charge on any atom is 0.337 e. The number of carboxylic acid groups (broad SMARTS) is 1. The molecule has 3 aromatic rings. The molecule has 0 saturated carbocycles. The molecule has 0 spiro atoms. The van der Waals surface area contributed by atoms with E-state index >= 15 is 0 Å². The van der Waals surface area contributed by atoms with E-state index in [1.807, 2.05) is 43.3 Å². The number of nitrogens with zero attached hydrogens (tertiary/aromatic N) is 2. The minimum atomic E-state index is -0.877. The van der Waals surface area contributed by atoms with Gasteiger partial charge in [-0.15, -0.1) is 11.3 Å². The van der Waals surface area contributed by atoms with Gasteiger partial charge >= 0.3 is 5.97 Å². The predicted molar refractivity (Wildman–Crippen MR) is 125 cm³/mol. The summed E-state index contributed by atoms with van der Waals surface area (Å²) < 4.78 is 0. The number of aromatic carboxylic acids is 1. The van der Waals surface area contributed by atoms with Crippen LogP contribution in [0.4, 0.5) is 5.69 Å². The molecule has 2 aromatic carbocycles. The zero-order valence-electron chi connectivity index (χ0n) is 16.7. The Labute approximate surface area is 185 Å². The Kier molecular flexibility index (Phi) is 6.21. The van der Waals surface area contributed by atoms with Gasteiger partial charge in [-0.1, -0.05) is 41.9 Å². The van der Waals surface area contributed by atoms with Crippen molar-refractivity contribution in [1.29, 1.82) is 0 Å². The SMILES string of the molecule is Cc1nc(-c2ccc(Cl)cc2)sc1C=CC1CCCN(c2ccccc2C(=O)O)C1. The average Bonchev–Trinajstić information content (AvgIpc) is 3.13. The van der Waals surface area contributed by atoms with Crippen LogP contribution in [0.5, 0.6) is 0 Å². The third-order valence-corrected chi connectivity index (χ3v) is 6.80. The van der Waals surface area contributed by atoms with Crippen LogP contribution < -0.4 is 4.90 Å². The third-order valence-electron chi connectivity index (χ3n) is 5.38. The topological polar surface area (TPSA) is 53.4 Å². The molecule has 4 rings (SSSR count). The number of aryl methyl sites for hydroxylation is 1. The Morgan fingerprint density at radius 3 is 2.77 bits per heavy atom. The first kappa shape index (κ1) is 20.6. The number of anilines is 1. The Morgan fingerprint density at radius 1 is 1.23 bits per heavy atom. The van der Waals surface area contributed by atoms with Gasteiger partial charge in [0.15, 0.2) is 0 Å². The molecule has 1 fully saturated rings. The highest BCUT2D eigenvalue weighted by molar-refractivity contribution is 7.16. The van der Waals surface area contributed by atoms with E-state index in [0.29, 0.717) is 11.5 Å². The second-order valence-corrected chi connectivity index (χ2v) is 8.97. The lowest BCUT2D eigenvalue weighted by Gasteiger charge is -2.34. The molecule has 0 amide bonds. The highest BCUT2D eigenvalue weighted by atomic mass is 35.5. The van der Waals surface area contributed by atoms with Crippen LogP contribution in [-0.2, 0) is 0 Å². The first-order chi connectivity index (χ1) is 14.5. The fourth-order valence-electron chi connectivity index (χ4n) is 3.82. The molecular formula is C24H23ClN2O2S. The van der Waals surface area contributed by atoms with Gasteiger partial charge in [-0.2, -0.15) is 0 Å². The molecule has 0 aliphatic carbocycles. The summed E-state index contributed by atoms with van der Waals surface area (Å²) in [5, 5.41) is 11.2. The van der Waals surface area contributed by atoms with Gasteiger partial charge in [-0.25, -0.2) is 9.78 Å². The molecule has 1 atom stereocenters. The number of hydrogen-bond donors (Lipinski definition) is 1. The lowest BCUT2D eigenvalue weighted by atomic mass is 9.96. The van der Waals surface area contributed by atoms with Crippen molar-refractivity contribution in [3.05, 3.63) is 75.8 Å². The minimum absolute atomic E-state index is 0.369. The molecule has 0 bridgehead atoms. The maximum atomic E-state index is 11.6. The van der Waals surface area contributed by atoms with Gasteiger partial charge in [-0.05, 0) is 56.0 Å². The van der Waals surface area contributed by atoms with Crippen molar-refractivity contribution in [3.63, 3.8) is 0 Å². The zero-order chi connectivity index (χ0) is 21.1. The smallest absolute Gasteiger partial charge is 0.337 e. The summed E-state index contributed by atoms with van der Waals surface area (Å²) in [5.41, 5.74) is 3.27. The van der Waals surface area contributed by atoms with Gasteiger partial charge in [-0.3, -0.25) is 0 Å². The summed E-state index contributed by atoms with van der Waals surface area (Å²) in [6.45, 7) is 3.74. The van der Waals surface area contributed by atoms with Crippen LogP contribution in [0, 0.1) is 12.8 Å². The van der Waals surface area contributed by atoms with E-state index in [4.69, 9.17) is 16.6 Å². The van der Waals surface area contributed by atoms with Crippen LogP contribution in [0.15, 0.2) is 54.6 Å². The number of carboxylic acids is 1. The van der Waals surface area contributed by atoms with Crippen molar-refractivity contribution in [2.75, 3.05) is 18.0 Å². The van der Waals surface area contributed by atoms with Crippen LogP contribution in [-0.4, -0.2) is 29.1 Å². The van der Waals surface area contributed by atoms with Crippen LogP contribution in [0.2, 0.25) is 5.02 Å². The zero-order valence-corrected chi connectivity index (χ0v) is 18.3. The third kappa shape index (κ3) is 4.58. The van der Waals surface area contributed by atoms with Crippen molar-refractivity contribution >= 4 is 40.7 Å². The molecule has 6 heteroatoms. The first-order valence-electron chi connectivity index (χ1n) is 10.00. The minimum Gasteiger partial charge on any atom is -0.478 e. The lowest BCUT2D eigenvalue weighted by molar-refractivity contribution is 0.0697. The molecule has 1 unspecified atom stereocenters. The van der Waals surface area contributed by atoms with Gasteiger partial charge in [0.05, 0.1) is 21.8 Å². The number of halogens is 1. The second kappa shape index (κ2) is 9.02.